The van der Waals surface area contributed by atoms with E-state index in [1.54, 1.807) is 17.5 Å². The van der Waals surface area contributed by atoms with Crippen molar-refractivity contribution in [3.05, 3.63) is 53.7 Å². The molecule has 1 amide bonds. The number of thiazole rings is 1. The lowest BCUT2D eigenvalue weighted by Gasteiger charge is -2.31. The lowest BCUT2D eigenvalue weighted by atomic mass is 9.96. The quantitative estimate of drug-likeness (QED) is 0.767. The molecule has 3 aromatic rings. The van der Waals surface area contributed by atoms with Gasteiger partial charge in [0.2, 0.25) is 5.91 Å². The first-order valence-electron chi connectivity index (χ1n) is 8.99. The van der Waals surface area contributed by atoms with Gasteiger partial charge in [-0.25, -0.2) is 9.97 Å². The third-order valence-electron chi connectivity index (χ3n) is 5.01. The Morgan fingerprint density at radius 3 is 2.81 bits per heavy atom. The molecule has 1 N–H and O–H groups in total. The fourth-order valence-corrected chi connectivity index (χ4v) is 4.32. The van der Waals surface area contributed by atoms with Crippen molar-refractivity contribution in [1.29, 1.82) is 0 Å². The number of hydrogen-bond acceptors (Lipinski definition) is 5. The van der Waals surface area contributed by atoms with Gasteiger partial charge in [0.05, 0.1) is 0 Å². The summed E-state index contributed by atoms with van der Waals surface area (Å²) in [4.78, 5) is 24.8. The summed E-state index contributed by atoms with van der Waals surface area (Å²) in [7, 11) is 0. The molecule has 0 radical (unpaired) electrons. The normalized spacial score (nSPS) is 15.3. The number of piperidine rings is 1. The summed E-state index contributed by atoms with van der Waals surface area (Å²) in [5.41, 5.74) is 3.35. The molecule has 0 aliphatic carbocycles. The first kappa shape index (κ1) is 17.0. The van der Waals surface area contributed by atoms with Crippen LogP contribution in [0.2, 0.25) is 0 Å². The molecule has 1 fully saturated rings. The van der Waals surface area contributed by atoms with Gasteiger partial charge in [-0.3, -0.25) is 4.79 Å². The van der Waals surface area contributed by atoms with Crippen molar-refractivity contribution in [2.45, 2.75) is 26.3 Å². The van der Waals surface area contributed by atoms with Crippen molar-refractivity contribution in [2.24, 2.45) is 5.92 Å². The standard InChI is InChI=1S/C20H22N4OS/c1-14-5-2-3-6-16(14)13-22-18(25)15-8-11-24(12-9-15)20-23-17-7-4-10-21-19(17)26-20/h2-7,10,15H,8-9,11-13H2,1H3,(H,22,25). The molecule has 6 heteroatoms. The lowest BCUT2D eigenvalue weighted by Crippen LogP contribution is -2.40. The van der Waals surface area contributed by atoms with E-state index in [1.807, 2.05) is 24.3 Å². The Labute approximate surface area is 157 Å². The number of benzene rings is 1. The van der Waals surface area contributed by atoms with Gasteiger partial charge in [-0.05, 0) is 43.0 Å². The number of nitrogens with zero attached hydrogens (tertiary/aromatic N) is 3. The van der Waals surface area contributed by atoms with E-state index in [2.05, 4.69) is 39.2 Å². The number of nitrogens with one attached hydrogen (secondary N) is 1. The molecule has 1 aromatic carbocycles. The van der Waals surface area contributed by atoms with E-state index in [0.29, 0.717) is 6.54 Å². The second kappa shape index (κ2) is 7.41. The van der Waals surface area contributed by atoms with E-state index < -0.39 is 0 Å². The molecule has 26 heavy (non-hydrogen) atoms. The number of carbonyl (C=O) groups is 1. The minimum atomic E-state index is 0.0859. The second-order valence-corrected chi connectivity index (χ2v) is 7.69. The maximum Gasteiger partial charge on any atom is 0.223 e. The molecule has 1 aliphatic rings. The van der Waals surface area contributed by atoms with Gasteiger partial charge in [-0.1, -0.05) is 35.6 Å². The van der Waals surface area contributed by atoms with Gasteiger partial charge in [0.25, 0.3) is 0 Å². The number of rotatable bonds is 4. The summed E-state index contributed by atoms with van der Waals surface area (Å²) in [6, 6.07) is 12.1. The minimum absolute atomic E-state index is 0.0859. The number of anilines is 1. The maximum absolute atomic E-state index is 12.5. The van der Waals surface area contributed by atoms with Crippen molar-refractivity contribution in [2.75, 3.05) is 18.0 Å². The van der Waals surface area contributed by atoms with Crippen LogP contribution in [0.5, 0.6) is 0 Å². The summed E-state index contributed by atoms with van der Waals surface area (Å²) >= 11 is 1.63. The predicted molar refractivity (Wildman–Crippen MR) is 105 cm³/mol. The van der Waals surface area contributed by atoms with Gasteiger partial charge >= 0.3 is 0 Å². The van der Waals surface area contributed by atoms with Crippen LogP contribution in [0.4, 0.5) is 5.13 Å². The van der Waals surface area contributed by atoms with E-state index >= 15 is 0 Å². The Morgan fingerprint density at radius 2 is 2.04 bits per heavy atom. The van der Waals surface area contributed by atoms with Crippen LogP contribution in [0.1, 0.15) is 24.0 Å². The SMILES string of the molecule is Cc1ccccc1CNC(=O)C1CCN(c2nc3cccnc3s2)CC1. The number of pyridine rings is 1. The molecule has 0 atom stereocenters. The largest absolute Gasteiger partial charge is 0.352 e. The molecule has 1 aliphatic heterocycles. The molecule has 1 saturated heterocycles. The Kier molecular flexibility index (Phi) is 4.84. The first-order valence-corrected chi connectivity index (χ1v) is 9.81. The summed E-state index contributed by atoms with van der Waals surface area (Å²) in [5.74, 6) is 0.252. The van der Waals surface area contributed by atoms with Crippen molar-refractivity contribution in [3.8, 4) is 0 Å². The fraction of sp³-hybridized carbons (Fsp3) is 0.350. The van der Waals surface area contributed by atoms with E-state index in [-0.39, 0.29) is 11.8 Å². The highest BCUT2D eigenvalue weighted by Gasteiger charge is 2.26. The fourth-order valence-electron chi connectivity index (χ4n) is 3.36. The minimum Gasteiger partial charge on any atom is -0.352 e. The van der Waals surface area contributed by atoms with E-state index in [0.717, 1.165) is 41.4 Å². The van der Waals surface area contributed by atoms with Gasteiger partial charge in [0, 0.05) is 31.7 Å². The monoisotopic (exact) mass is 366 g/mol. The van der Waals surface area contributed by atoms with Crippen molar-refractivity contribution in [1.82, 2.24) is 15.3 Å². The van der Waals surface area contributed by atoms with Crippen LogP contribution >= 0.6 is 11.3 Å². The summed E-state index contributed by atoms with van der Waals surface area (Å²) in [5, 5.41) is 4.12. The molecular formula is C20H22N4OS. The summed E-state index contributed by atoms with van der Waals surface area (Å²) in [6.07, 6.45) is 3.53. The maximum atomic E-state index is 12.5. The van der Waals surface area contributed by atoms with Gasteiger partial charge < -0.3 is 10.2 Å². The second-order valence-electron chi connectivity index (χ2n) is 6.73. The first-order chi connectivity index (χ1) is 12.7. The molecule has 134 valence electrons. The van der Waals surface area contributed by atoms with Crippen LogP contribution in [0, 0.1) is 12.8 Å². The van der Waals surface area contributed by atoms with Crippen LogP contribution in [0.3, 0.4) is 0 Å². The Hall–Kier alpha value is -2.47. The van der Waals surface area contributed by atoms with Gasteiger partial charge in [-0.2, -0.15) is 0 Å². The Balaban J connectivity index is 1.33. The van der Waals surface area contributed by atoms with Crippen molar-refractivity contribution in [3.63, 3.8) is 0 Å². The Bertz CT molecular complexity index is 882. The van der Waals surface area contributed by atoms with Gasteiger partial charge in [0.15, 0.2) is 5.13 Å². The molecule has 0 spiro atoms. The molecule has 0 saturated carbocycles. The predicted octanol–water partition coefficient (Wildman–Crippen LogP) is 3.53. The Morgan fingerprint density at radius 1 is 1.23 bits per heavy atom. The van der Waals surface area contributed by atoms with Gasteiger partial charge in [0.1, 0.15) is 10.3 Å². The van der Waals surface area contributed by atoms with Crippen molar-refractivity contribution >= 4 is 32.7 Å². The van der Waals surface area contributed by atoms with Crippen molar-refractivity contribution < 1.29 is 4.79 Å². The van der Waals surface area contributed by atoms with Crippen LogP contribution in [-0.2, 0) is 11.3 Å². The molecule has 3 heterocycles. The third kappa shape index (κ3) is 3.55. The van der Waals surface area contributed by atoms with E-state index in [9.17, 15) is 4.79 Å². The average Bonchev–Trinajstić information content (AvgIpc) is 3.11. The zero-order chi connectivity index (χ0) is 17.9. The molecule has 0 bridgehead atoms. The number of amides is 1. The summed E-state index contributed by atoms with van der Waals surface area (Å²) in [6.45, 7) is 4.41. The molecule has 2 aromatic heterocycles. The number of aromatic nitrogens is 2. The van der Waals surface area contributed by atoms with Crippen LogP contribution < -0.4 is 10.2 Å². The molecular weight excluding hydrogens is 344 g/mol. The molecule has 5 nitrogen and oxygen atoms in total. The third-order valence-corrected chi connectivity index (χ3v) is 6.05. The highest BCUT2D eigenvalue weighted by Crippen LogP contribution is 2.30. The lowest BCUT2D eigenvalue weighted by molar-refractivity contribution is -0.125. The van der Waals surface area contributed by atoms with Crippen LogP contribution in [0.15, 0.2) is 42.6 Å². The zero-order valence-corrected chi connectivity index (χ0v) is 15.6. The summed E-state index contributed by atoms with van der Waals surface area (Å²) < 4.78 is 0. The topological polar surface area (TPSA) is 58.1 Å². The highest BCUT2D eigenvalue weighted by atomic mass is 32.1. The molecule has 4 rings (SSSR count). The smallest absolute Gasteiger partial charge is 0.223 e. The van der Waals surface area contributed by atoms with E-state index in [1.165, 1.54) is 11.1 Å². The van der Waals surface area contributed by atoms with Crippen LogP contribution in [0.25, 0.3) is 10.3 Å². The average molecular weight is 366 g/mol. The number of carbonyl (C=O) groups excluding carboxylic acids is 1. The van der Waals surface area contributed by atoms with Crippen LogP contribution in [-0.4, -0.2) is 29.0 Å². The molecule has 0 unspecified atom stereocenters. The zero-order valence-electron chi connectivity index (χ0n) is 14.8. The van der Waals surface area contributed by atoms with Gasteiger partial charge in [-0.15, -0.1) is 0 Å². The highest BCUT2D eigenvalue weighted by molar-refractivity contribution is 7.21. The number of fused-ring (bicyclic) bond motifs is 1. The number of hydrogen-bond donors (Lipinski definition) is 1. The number of aryl methyl sites for hydroxylation is 1. The van der Waals surface area contributed by atoms with E-state index in [4.69, 9.17) is 0 Å².